The summed E-state index contributed by atoms with van der Waals surface area (Å²) in [6, 6.07) is 15.8. The minimum Gasteiger partial charge on any atom is -0.497 e. The highest BCUT2D eigenvalue weighted by molar-refractivity contribution is 8.13. The highest BCUT2D eigenvalue weighted by Gasteiger charge is 2.22. The molecule has 25 heavy (non-hydrogen) atoms. The van der Waals surface area contributed by atoms with Crippen LogP contribution in [0.25, 0.3) is 27.9 Å². The minimum atomic E-state index is 0.0370. The number of hydrogen-bond acceptors (Lipinski definition) is 4. The molecule has 0 saturated heterocycles. The summed E-state index contributed by atoms with van der Waals surface area (Å²) in [5, 5.41) is 4.86. The Labute approximate surface area is 149 Å². The number of imidazole rings is 1. The number of methoxy groups -OCH3 is 1. The minimum absolute atomic E-state index is 0.0370. The molecule has 2 aromatic heterocycles. The van der Waals surface area contributed by atoms with Crippen molar-refractivity contribution in [3.63, 3.8) is 0 Å². The van der Waals surface area contributed by atoms with E-state index >= 15 is 0 Å². The molecule has 2 aromatic carbocycles. The lowest BCUT2D eigenvalue weighted by atomic mass is 10.1. The molecule has 0 amide bonds. The lowest BCUT2D eigenvalue weighted by molar-refractivity contribution is -0.109. The zero-order valence-electron chi connectivity index (χ0n) is 14.2. The molecule has 2 heterocycles. The Kier molecular flexibility index (Phi) is 3.77. The van der Waals surface area contributed by atoms with E-state index in [1.165, 1.54) is 11.8 Å². The van der Waals surface area contributed by atoms with Crippen molar-refractivity contribution in [3.05, 3.63) is 48.5 Å². The molecule has 0 N–H and O–H groups in total. The summed E-state index contributed by atoms with van der Waals surface area (Å²) in [6.07, 6.45) is 0. The Bertz CT molecular complexity index is 1090. The Morgan fingerprint density at radius 1 is 1.08 bits per heavy atom. The molecule has 4 rings (SSSR count). The van der Waals surface area contributed by atoms with Crippen molar-refractivity contribution < 1.29 is 9.53 Å². The van der Waals surface area contributed by atoms with Crippen LogP contribution < -0.4 is 4.74 Å². The molecule has 0 saturated carbocycles. The molecule has 0 aliphatic carbocycles. The quantitative estimate of drug-likeness (QED) is 0.521. The number of carbonyl (C=O) groups excluding carboxylic acids is 1. The van der Waals surface area contributed by atoms with Crippen molar-refractivity contribution in [2.45, 2.75) is 11.8 Å². The van der Waals surface area contributed by atoms with Gasteiger partial charge in [0, 0.05) is 19.5 Å². The zero-order chi connectivity index (χ0) is 17.6. The lowest BCUT2D eigenvalue weighted by Gasteiger charge is -2.04. The third-order valence-corrected chi connectivity index (χ3v) is 5.08. The first kappa shape index (κ1) is 15.8. The summed E-state index contributed by atoms with van der Waals surface area (Å²) in [5.41, 5.74) is 4.78. The molecule has 0 fully saturated rings. The molecule has 126 valence electrons. The lowest BCUT2D eigenvalue weighted by Crippen LogP contribution is -1.91. The largest absolute Gasteiger partial charge is 0.497 e. The smallest absolute Gasteiger partial charge is 0.190 e. The van der Waals surface area contributed by atoms with Gasteiger partial charge in [0.2, 0.25) is 0 Å². The van der Waals surface area contributed by atoms with E-state index < -0.39 is 0 Å². The van der Waals surface area contributed by atoms with E-state index in [2.05, 4.69) is 10.6 Å². The van der Waals surface area contributed by atoms with Gasteiger partial charge < -0.3 is 9.30 Å². The van der Waals surface area contributed by atoms with Gasteiger partial charge in [-0.05, 0) is 48.2 Å². The van der Waals surface area contributed by atoms with E-state index in [4.69, 9.17) is 9.84 Å². The van der Waals surface area contributed by atoms with Crippen molar-refractivity contribution in [2.24, 2.45) is 7.05 Å². The van der Waals surface area contributed by atoms with Gasteiger partial charge in [0.25, 0.3) is 0 Å². The summed E-state index contributed by atoms with van der Waals surface area (Å²) < 4.78 is 9.23. The van der Waals surface area contributed by atoms with Gasteiger partial charge in [0.15, 0.2) is 10.8 Å². The SMILES string of the molecule is COc1ccc(-c2nn3c4ccccc4n(C)c3c2SC(C)=O)cc1. The molecule has 0 aliphatic heterocycles. The van der Waals surface area contributed by atoms with Gasteiger partial charge in [-0.1, -0.05) is 12.1 Å². The monoisotopic (exact) mass is 351 g/mol. The van der Waals surface area contributed by atoms with Crippen molar-refractivity contribution in [3.8, 4) is 17.0 Å². The molecule has 0 aliphatic rings. The first-order chi connectivity index (χ1) is 12.1. The maximum absolute atomic E-state index is 11.9. The molecule has 0 radical (unpaired) electrons. The summed E-state index contributed by atoms with van der Waals surface area (Å²) in [6.45, 7) is 1.58. The number of hydrogen-bond donors (Lipinski definition) is 0. The normalized spacial score (nSPS) is 11.3. The van der Waals surface area contributed by atoms with E-state index in [1.807, 2.05) is 54.0 Å². The predicted molar refractivity (Wildman–Crippen MR) is 100 cm³/mol. The van der Waals surface area contributed by atoms with Gasteiger partial charge in [-0.3, -0.25) is 4.79 Å². The van der Waals surface area contributed by atoms with Crippen molar-refractivity contribution in [2.75, 3.05) is 7.11 Å². The second kappa shape index (κ2) is 5.97. The van der Waals surface area contributed by atoms with Crippen LogP contribution in [0, 0.1) is 0 Å². The zero-order valence-corrected chi connectivity index (χ0v) is 15.0. The van der Waals surface area contributed by atoms with Crippen LogP contribution in [0.15, 0.2) is 53.4 Å². The maximum atomic E-state index is 11.9. The van der Waals surface area contributed by atoms with Gasteiger partial charge in [-0.25, -0.2) is 4.52 Å². The number of thioether (sulfide) groups is 1. The van der Waals surface area contributed by atoms with E-state index in [0.717, 1.165) is 38.6 Å². The van der Waals surface area contributed by atoms with Crippen molar-refractivity contribution in [1.82, 2.24) is 14.2 Å². The predicted octanol–water partition coefficient (Wildman–Crippen LogP) is 4.14. The van der Waals surface area contributed by atoms with Crippen molar-refractivity contribution in [1.29, 1.82) is 0 Å². The fraction of sp³-hybridized carbons (Fsp3) is 0.158. The maximum Gasteiger partial charge on any atom is 0.190 e. The number of aryl methyl sites for hydroxylation is 1. The number of carbonyl (C=O) groups is 1. The van der Waals surface area contributed by atoms with Gasteiger partial charge >= 0.3 is 0 Å². The number of aromatic nitrogens is 3. The molecule has 0 atom stereocenters. The number of fused-ring (bicyclic) bond motifs is 3. The second-order valence-corrected chi connectivity index (χ2v) is 6.97. The average Bonchev–Trinajstić information content (AvgIpc) is 3.12. The topological polar surface area (TPSA) is 48.5 Å². The highest BCUT2D eigenvalue weighted by Crippen LogP contribution is 2.37. The number of para-hydroxylation sites is 2. The first-order valence-electron chi connectivity index (χ1n) is 7.89. The number of rotatable bonds is 3. The molecular formula is C19H17N3O2S. The van der Waals surface area contributed by atoms with Crippen LogP contribution in [-0.4, -0.2) is 26.4 Å². The Morgan fingerprint density at radius 3 is 2.40 bits per heavy atom. The molecular weight excluding hydrogens is 334 g/mol. The summed E-state index contributed by atoms with van der Waals surface area (Å²) >= 11 is 1.22. The average molecular weight is 351 g/mol. The van der Waals surface area contributed by atoms with E-state index in [9.17, 15) is 4.79 Å². The van der Waals surface area contributed by atoms with Crippen LogP contribution >= 0.6 is 11.8 Å². The molecule has 0 unspecified atom stereocenters. The van der Waals surface area contributed by atoms with E-state index in [-0.39, 0.29) is 5.12 Å². The number of nitrogens with zero attached hydrogens (tertiary/aromatic N) is 3. The van der Waals surface area contributed by atoms with Gasteiger partial charge in [-0.15, -0.1) is 0 Å². The summed E-state index contributed by atoms with van der Waals surface area (Å²) in [4.78, 5) is 12.7. The molecule has 0 bridgehead atoms. The van der Waals surface area contributed by atoms with E-state index in [0.29, 0.717) is 0 Å². The number of ether oxygens (including phenoxy) is 1. The summed E-state index contributed by atoms with van der Waals surface area (Å²) in [7, 11) is 3.64. The van der Waals surface area contributed by atoms with Crippen LogP contribution in [0.5, 0.6) is 5.75 Å². The second-order valence-electron chi connectivity index (χ2n) is 5.78. The van der Waals surface area contributed by atoms with Gasteiger partial charge in [0.05, 0.1) is 23.0 Å². The highest BCUT2D eigenvalue weighted by atomic mass is 32.2. The standard InChI is InChI=1S/C19H17N3O2S/c1-12(23)25-18-17(13-8-10-14(24-3)11-9-13)20-22-16-7-5-4-6-15(16)21(2)19(18)22/h4-11H,1-3H3. The van der Waals surface area contributed by atoms with E-state index in [1.54, 1.807) is 14.0 Å². The third kappa shape index (κ3) is 2.49. The van der Waals surface area contributed by atoms with Gasteiger partial charge in [-0.2, -0.15) is 5.10 Å². The van der Waals surface area contributed by atoms with Crippen LogP contribution in [0.4, 0.5) is 0 Å². The van der Waals surface area contributed by atoms with Crippen molar-refractivity contribution >= 4 is 33.6 Å². The van der Waals surface area contributed by atoms with Crippen LogP contribution in [0.3, 0.4) is 0 Å². The fourth-order valence-electron chi connectivity index (χ4n) is 3.07. The van der Waals surface area contributed by atoms with Crippen LogP contribution in [0.1, 0.15) is 6.92 Å². The van der Waals surface area contributed by atoms with Gasteiger partial charge in [0.1, 0.15) is 11.4 Å². The Hall–Kier alpha value is -2.73. The number of benzene rings is 2. The Morgan fingerprint density at radius 2 is 1.76 bits per heavy atom. The fourth-order valence-corrected chi connectivity index (χ4v) is 3.93. The third-order valence-electron chi connectivity index (χ3n) is 4.22. The molecule has 6 heteroatoms. The molecule has 5 nitrogen and oxygen atoms in total. The van der Waals surface area contributed by atoms with Crippen LogP contribution in [0.2, 0.25) is 0 Å². The Balaban J connectivity index is 2.02. The first-order valence-corrected chi connectivity index (χ1v) is 8.71. The summed E-state index contributed by atoms with van der Waals surface area (Å²) in [5.74, 6) is 0.790. The molecule has 0 spiro atoms. The van der Waals surface area contributed by atoms with Crippen LogP contribution in [-0.2, 0) is 11.8 Å². The molecule has 4 aromatic rings.